The summed E-state index contributed by atoms with van der Waals surface area (Å²) in [5, 5.41) is 13.6. The molecule has 102 valence electrons. The van der Waals surface area contributed by atoms with E-state index >= 15 is 0 Å². The second-order valence-electron chi connectivity index (χ2n) is 4.93. The molecule has 3 rings (SSSR count). The van der Waals surface area contributed by atoms with Gasteiger partial charge in [0.15, 0.2) is 0 Å². The summed E-state index contributed by atoms with van der Waals surface area (Å²) in [7, 11) is 0. The summed E-state index contributed by atoms with van der Waals surface area (Å²) in [5.74, 6) is 0. The number of aromatic nitrogens is 2. The molecule has 1 aromatic heterocycles. The zero-order valence-electron chi connectivity index (χ0n) is 11.6. The summed E-state index contributed by atoms with van der Waals surface area (Å²) >= 11 is 0. The van der Waals surface area contributed by atoms with Crippen LogP contribution in [0.25, 0.3) is 16.8 Å². The Morgan fingerprint density at radius 2 is 1.86 bits per heavy atom. The normalized spacial score (nSPS) is 10.3. The van der Waals surface area contributed by atoms with E-state index in [-0.39, 0.29) is 0 Å². The Bertz CT molecular complexity index is 823. The molecule has 0 saturated carbocycles. The van der Waals surface area contributed by atoms with E-state index in [9.17, 15) is 5.26 Å². The largest absolute Gasteiger partial charge is 0.399 e. The van der Waals surface area contributed by atoms with E-state index in [2.05, 4.69) is 11.2 Å². The van der Waals surface area contributed by atoms with Crippen molar-refractivity contribution in [2.45, 2.75) is 6.92 Å². The van der Waals surface area contributed by atoms with Crippen LogP contribution in [0.3, 0.4) is 0 Å². The van der Waals surface area contributed by atoms with Crippen LogP contribution < -0.4 is 5.73 Å². The molecule has 0 aliphatic rings. The molecule has 0 fully saturated rings. The molecule has 0 spiro atoms. The second-order valence-corrected chi connectivity index (χ2v) is 4.93. The molecule has 0 unspecified atom stereocenters. The molecular formula is C17H14N4. The lowest BCUT2D eigenvalue weighted by Gasteiger charge is -2.05. The van der Waals surface area contributed by atoms with Gasteiger partial charge in [0.2, 0.25) is 0 Å². The molecular weight excluding hydrogens is 260 g/mol. The number of anilines is 1. The first kappa shape index (κ1) is 12.9. The molecule has 3 aromatic rings. The maximum Gasteiger partial charge on any atom is 0.101 e. The molecule has 2 N–H and O–H groups in total. The summed E-state index contributed by atoms with van der Waals surface area (Å²) in [6.07, 6.45) is 3.70. The lowest BCUT2D eigenvalue weighted by atomic mass is 10.1. The van der Waals surface area contributed by atoms with Crippen LogP contribution in [0.2, 0.25) is 0 Å². The molecule has 0 bridgehead atoms. The molecule has 4 nitrogen and oxygen atoms in total. The number of benzene rings is 2. The molecule has 0 saturated heterocycles. The molecule has 2 aromatic carbocycles. The highest BCUT2D eigenvalue weighted by atomic mass is 15.3. The molecule has 0 aliphatic carbocycles. The topological polar surface area (TPSA) is 67.6 Å². The number of hydrogen-bond acceptors (Lipinski definition) is 3. The fourth-order valence-corrected chi connectivity index (χ4v) is 2.20. The number of nitrogens with two attached hydrogens (primary N) is 1. The molecule has 0 amide bonds. The van der Waals surface area contributed by atoms with Crippen molar-refractivity contribution < 1.29 is 0 Å². The first-order chi connectivity index (χ1) is 10.2. The van der Waals surface area contributed by atoms with Crippen LogP contribution >= 0.6 is 0 Å². The summed E-state index contributed by atoms with van der Waals surface area (Å²) < 4.78 is 1.73. The number of nitrogens with zero attached hydrogens (tertiary/aromatic N) is 3. The van der Waals surface area contributed by atoms with E-state index in [4.69, 9.17) is 5.73 Å². The fraction of sp³-hybridized carbons (Fsp3) is 0.0588. The van der Waals surface area contributed by atoms with Crippen molar-refractivity contribution in [2.75, 3.05) is 5.73 Å². The Morgan fingerprint density at radius 3 is 2.57 bits per heavy atom. The van der Waals surface area contributed by atoms with Crippen molar-refractivity contribution in [3.05, 3.63) is 66.0 Å². The summed E-state index contributed by atoms with van der Waals surface area (Å²) in [6, 6.07) is 15.5. The number of aryl methyl sites for hydroxylation is 1. The molecule has 0 atom stereocenters. The van der Waals surface area contributed by atoms with Gasteiger partial charge in [0.05, 0.1) is 17.4 Å². The molecule has 1 heterocycles. The van der Waals surface area contributed by atoms with E-state index < -0.39 is 0 Å². The third kappa shape index (κ3) is 2.49. The monoisotopic (exact) mass is 274 g/mol. The first-order valence-corrected chi connectivity index (χ1v) is 6.59. The highest BCUT2D eigenvalue weighted by Gasteiger charge is 2.08. The Labute approximate surface area is 123 Å². The minimum atomic E-state index is 0.604. The zero-order valence-corrected chi connectivity index (χ0v) is 11.6. The number of hydrogen-bond donors (Lipinski definition) is 1. The van der Waals surface area contributed by atoms with Gasteiger partial charge >= 0.3 is 0 Å². The number of nitrogen functional groups attached to an aromatic ring is 1. The molecule has 21 heavy (non-hydrogen) atoms. The van der Waals surface area contributed by atoms with E-state index in [1.54, 1.807) is 10.9 Å². The standard InChI is InChI=1S/C17H14N4/c1-12-2-3-14(9-18)17(8-12)21-11-15(10-20-21)13-4-6-16(19)7-5-13/h2-8,10-11H,19H2,1H3. The number of nitriles is 1. The highest BCUT2D eigenvalue weighted by Crippen LogP contribution is 2.22. The Kier molecular flexibility index (Phi) is 3.17. The second kappa shape index (κ2) is 5.14. The number of rotatable bonds is 2. The van der Waals surface area contributed by atoms with Crippen molar-refractivity contribution in [2.24, 2.45) is 0 Å². The van der Waals surface area contributed by atoms with Crippen molar-refractivity contribution in [3.63, 3.8) is 0 Å². The maximum absolute atomic E-state index is 9.22. The Hall–Kier alpha value is -3.06. The Morgan fingerprint density at radius 1 is 1.10 bits per heavy atom. The third-order valence-corrected chi connectivity index (χ3v) is 3.35. The van der Waals surface area contributed by atoms with Gasteiger partial charge in [-0.1, -0.05) is 18.2 Å². The maximum atomic E-state index is 9.22. The van der Waals surface area contributed by atoms with Gasteiger partial charge in [-0.25, -0.2) is 4.68 Å². The van der Waals surface area contributed by atoms with Gasteiger partial charge in [-0.3, -0.25) is 0 Å². The van der Waals surface area contributed by atoms with Crippen LogP contribution in [0.15, 0.2) is 54.9 Å². The average Bonchev–Trinajstić information content (AvgIpc) is 2.97. The quantitative estimate of drug-likeness (QED) is 0.729. The minimum Gasteiger partial charge on any atom is -0.399 e. The van der Waals surface area contributed by atoms with Crippen molar-refractivity contribution in [1.82, 2.24) is 9.78 Å². The van der Waals surface area contributed by atoms with Gasteiger partial charge in [-0.15, -0.1) is 0 Å². The van der Waals surface area contributed by atoms with Crippen LogP contribution in [0.1, 0.15) is 11.1 Å². The van der Waals surface area contributed by atoms with Crippen LogP contribution in [0.5, 0.6) is 0 Å². The van der Waals surface area contributed by atoms with E-state index in [1.807, 2.05) is 55.6 Å². The summed E-state index contributed by atoms with van der Waals surface area (Å²) in [4.78, 5) is 0. The average molecular weight is 274 g/mol. The smallest absolute Gasteiger partial charge is 0.101 e. The van der Waals surface area contributed by atoms with Crippen molar-refractivity contribution >= 4 is 5.69 Å². The molecule has 0 radical (unpaired) electrons. The fourth-order valence-electron chi connectivity index (χ4n) is 2.20. The van der Waals surface area contributed by atoms with Crippen molar-refractivity contribution in [1.29, 1.82) is 5.26 Å². The van der Waals surface area contributed by atoms with Crippen LogP contribution in [0.4, 0.5) is 5.69 Å². The van der Waals surface area contributed by atoms with Crippen molar-refractivity contribution in [3.8, 4) is 22.9 Å². The van der Waals surface area contributed by atoms with Gasteiger partial charge in [0.25, 0.3) is 0 Å². The summed E-state index contributed by atoms with van der Waals surface area (Å²) in [6.45, 7) is 2.00. The third-order valence-electron chi connectivity index (χ3n) is 3.35. The van der Waals surface area contributed by atoms with Gasteiger partial charge in [-0.05, 0) is 42.3 Å². The zero-order chi connectivity index (χ0) is 14.8. The van der Waals surface area contributed by atoms with Crippen LogP contribution in [-0.4, -0.2) is 9.78 Å². The highest BCUT2D eigenvalue weighted by molar-refractivity contribution is 5.65. The lowest BCUT2D eigenvalue weighted by molar-refractivity contribution is 0.876. The van der Waals surface area contributed by atoms with Gasteiger partial charge in [-0.2, -0.15) is 10.4 Å². The van der Waals surface area contributed by atoms with E-state index in [0.29, 0.717) is 5.56 Å². The van der Waals surface area contributed by atoms with Gasteiger partial charge < -0.3 is 5.73 Å². The lowest BCUT2D eigenvalue weighted by Crippen LogP contribution is -1.98. The van der Waals surface area contributed by atoms with Crippen LogP contribution in [-0.2, 0) is 0 Å². The predicted octanol–water partition coefficient (Wildman–Crippen LogP) is 3.30. The molecule has 4 heteroatoms. The predicted molar refractivity (Wildman–Crippen MR) is 82.9 cm³/mol. The summed E-state index contributed by atoms with van der Waals surface area (Å²) in [5.41, 5.74) is 10.9. The van der Waals surface area contributed by atoms with E-state index in [0.717, 1.165) is 28.1 Å². The van der Waals surface area contributed by atoms with Gasteiger partial charge in [0, 0.05) is 17.4 Å². The molecule has 0 aliphatic heterocycles. The van der Waals surface area contributed by atoms with Gasteiger partial charge in [0.1, 0.15) is 6.07 Å². The SMILES string of the molecule is Cc1ccc(C#N)c(-n2cc(-c3ccc(N)cc3)cn2)c1. The van der Waals surface area contributed by atoms with Crippen LogP contribution in [0, 0.1) is 18.3 Å². The van der Waals surface area contributed by atoms with E-state index in [1.165, 1.54) is 0 Å². The Balaban J connectivity index is 2.05. The minimum absolute atomic E-state index is 0.604. The first-order valence-electron chi connectivity index (χ1n) is 6.59.